The molecule has 0 aromatic heterocycles. The van der Waals surface area contributed by atoms with Crippen molar-refractivity contribution in [2.45, 2.75) is 38.5 Å². The van der Waals surface area contributed by atoms with Gasteiger partial charge in [0.1, 0.15) is 0 Å². The molecule has 0 N–H and O–H groups in total. The van der Waals surface area contributed by atoms with Gasteiger partial charge in [0.2, 0.25) is 0 Å². The van der Waals surface area contributed by atoms with E-state index in [9.17, 15) is 0 Å². The van der Waals surface area contributed by atoms with E-state index in [2.05, 4.69) is 20.8 Å². The Morgan fingerprint density at radius 1 is 1.67 bits per heavy atom. The molecular formula is C8H15Cl. The summed E-state index contributed by atoms with van der Waals surface area (Å²) in [4.78, 5) is 0.133. The molecule has 1 saturated carbocycles. The maximum absolute atomic E-state index is 6.17. The van der Waals surface area contributed by atoms with E-state index in [4.69, 9.17) is 11.6 Å². The summed E-state index contributed by atoms with van der Waals surface area (Å²) in [5.41, 5.74) is 0. The summed E-state index contributed by atoms with van der Waals surface area (Å²) in [7, 11) is 0. The van der Waals surface area contributed by atoms with E-state index in [1.165, 1.54) is 12.8 Å². The van der Waals surface area contributed by atoms with E-state index in [1.807, 2.05) is 0 Å². The zero-order chi connectivity index (χ0) is 7.07. The van der Waals surface area contributed by atoms with Gasteiger partial charge < -0.3 is 0 Å². The van der Waals surface area contributed by atoms with Crippen molar-refractivity contribution in [1.82, 2.24) is 0 Å². The first-order valence-electron chi connectivity index (χ1n) is 3.77. The Balaban J connectivity index is 2.48. The summed E-state index contributed by atoms with van der Waals surface area (Å²) in [6.45, 7) is 6.67. The molecule has 54 valence electrons. The van der Waals surface area contributed by atoms with Crippen LogP contribution in [0.5, 0.6) is 0 Å². The predicted octanol–water partition coefficient (Wildman–Crippen LogP) is 3.05. The standard InChI is InChI=1S/C8H15Cl/c1-4-7-6(2)5-8(7,3)9/h6-7H,4-5H2,1-3H3. The molecule has 3 atom stereocenters. The van der Waals surface area contributed by atoms with Gasteiger partial charge in [-0.3, -0.25) is 0 Å². The molecule has 0 saturated heterocycles. The summed E-state index contributed by atoms with van der Waals surface area (Å²) >= 11 is 6.17. The molecule has 0 nitrogen and oxygen atoms in total. The normalized spacial score (nSPS) is 50.7. The van der Waals surface area contributed by atoms with Gasteiger partial charge in [-0.05, 0) is 25.2 Å². The maximum Gasteiger partial charge on any atom is 0.0451 e. The molecule has 0 aliphatic heterocycles. The number of halogens is 1. The third-order valence-corrected chi connectivity index (χ3v) is 3.06. The summed E-state index contributed by atoms with van der Waals surface area (Å²) in [5.74, 6) is 1.62. The van der Waals surface area contributed by atoms with Gasteiger partial charge in [0.15, 0.2) is 0 Å². The van der Waals surface area contributed by atoms with E-state index in [-0.39, 0.29) is 4.87 Å². The fourth-order valence-electron chi connectivity index (χ4n) is 2.18. The minimum Gasteiger partial charge on any atom is -0.119 e. The van der Waals surface area contributed by atoms with Crippen LogP contribution in [0.1, 0.15) is 33.6 Å². The molecule has 0 spiro atoms. The first kappa shape index (κ1) is 7.40. The monoisotopic (exact) mass is 146 g/mol. The lowest BCUT2D eigenvalue weighted by Crippen LogP contribution is -2.45. The Bertz CT molecular complexity index is 107. The van der Waals surface area contributed by atoms with Gasteiger partial charge in [-0.2, -0.15) is 0 Å². The summed E-state index contributed by atoms with van der Waals surface area (Å²) < 4.78 is 0. The quantitative estimate of drug-likeness (QED) is 0.499. The SMILES string of the molecule is CCC1C(C)CC1(C)Cl. The zero-order valence-electron chi connectivity index (χ0n) is 6.45. The highest BCUT2D eigenvalue weighted by Crippen LogP contribution is 2.49. The van der Waals surface area contributed by atoms with Gasteiger partial charge in [0.05, 0.1) is 0 Å². The van der Waals surface area contributed by atoms with Crippen LogP contribution in [0.25, 0.3) is 0 Å². The summed E-state index contributed by atoms with van der Waals surface area (Å²) in [6, 6.07) is 0. The predicted molar refractivity (Wildman–Crippen MR) is 41.8 cm³/mol. The first-order chi connectivity index (χ1) is 4.08. The smallest absolute Gasteiger partial charge is 0.0451 e. The van der Waals surface area contributed by atoms with Crippen molar-refractivity contribution >= 4 is 11.6 Å². The number of alkyl halides is 1. The molecule has 1 rings (SSSR count). The molecule has 0 heterocycles. The lowest BCUT2D eigenvalue weighted by molar-refractivity contribution is 0.124. The van der Waals surface area contributed by atoms with Crippen molar-refractivity contribution in [3.05, 3.63) is 0 Å². The minimum absolute atomic E-state index is 0.133. The minimum atomic E-state index is 0.133. The van der Waals surface area contributed by atoms with E-state index in [1.54, 1.807) is 0 Å². The van der Waals surface area contributed by atoms with Gasteiger partial charge in [-0.1, -0.05) is 20.3 Å². The van der Waals surface area contributed by atoms with Crippen molar-refractivity contribution in [2.24, 2.45) is 11.8 Å². The Morgan fingerprint density at radius 3 is 2.33 bits per heavy atom. The largest absolute Gasteiger partial charge is 0.119 e. The van der Waals surface area contributed by atoms with Crippen LogP contribution in [0, 0.1) is 11.8 Å². The number of hydrogen-bond donors (Lipinski definition) is 0. The van der Waals surface area contributed by atoms with Crippen LogP contribution in [-0.4, -0.2) is 4.87 Å². The van der Waals surface area contributed by atoms with Crippen molar-refractivity contribution in [3.8, 4) is 0 Å². The van der Waals surface area contributed by atoms with Crippen LogP contribution < -0.4 is 0 Å². The zero-order valence-corrected chi connectivity index (χ0v) is 7.20. The summed E-state index contributed by atoms with van der Waals surface area (Å²) in [5, 5.41) is 0. The Labute approximate surface area is 62.6 Å². The van der Waals surface area contributed by atoms with Crippen LogP contribution in [-0.2, 0) is 0 Å². The van der Waals surface area contributed by atoms with Crippen molar-refractivity contribution in [2.75, 3.05) is 0 Å². The average Bonchev–Trinajstić information content (AvgIpc) is 1.63. The van der Waals surface area contributed by atoms with Gasteiger partial charge >= 0.3 is 0 Å². The molecule has 1 heteroatoms. The van der Waals surface area contributed by atoms with Gasteiger partial charge in [-0.25, -0.2) is 0 Å². The molecular weight excluding hydrogens is 132 g/mol. The van der Waals surface area contributed by atoms with Crippen LogP contribution in [0.15, 0.2) is 0 Å². The van der Waals surface area contributed by atoms with Crippen LogP contribution >= 0.6 is 11.6 Å². The molecule has 1 fully saturated rings. The highest BCUT2D eigenvalue weighted by atomic mass is 35.5. The fraction of sp³-hybridized carbons (Fsp3) is 1.00. The Kier molecular flexibility index (Phi) is 1.77. The molecule has 1 aliphatic rings. The lowest BCUT2D eigenvalue weighted by Gasteiger charge is -2.47. The molecule has 0 bridgehead atoms. The number of rotatable bonds is 1. The molecule has 0 aromatic carbocycles. The maximum atomic E-state index is 6.17. The fourth-order valence-corrected chi connectivity index (χ4v) is 2.80. The lowest BCUT2D eigenvalue weighted by atomic mass is 9.65. The van der Waals surface area contributed by atoms with Crippen LogP contribution in [0.2, 0.25) is 0 Å². The third kappa shape index (κ3) is 1.10. The van der Waals surface area contributed by atoms with Crippen molar-refractivity contribution in [1.29, 1.82) is 0 Å². The molecule has 0 aromatic rings. The molecule has 0 amide bonds. The second-order valence-electron chi connectivity index (χ2n) is 3.47. The Hall–Kier alpha value is 0.290. The van der Waals surface area contributed by atoms with Crippen molar-refractivity contribution < 1.29 is 0 Å². The van der Waals surface area contributed by atoms with Gasteiger partial charge in [0, 0.05) is 4.87 Å². The van der Waals surface area contributed by atoms with E-state index in [0.717, 1.165) is 11.8 Å². The second kappa shape index (κ2) is 2.16. The topological polar surface area (TPSA) is 0 Å². The van der Waals surface area contributed by atoms with E-state index < -0.39 is 0 Å². The molecule has 0 radical (unpaired) electrons. The first-order valence-corrected chi connectivity index (χ1v) is 4.14. The van der Waals surface area contributed by atoms with Gasteiger partial charge in [-0.15, -0.1) is 11.6 Å². The molecule has 9 heavy (non-hydrogen) atoms. The second-order valence-corrected chi connectivity index (χ2v) is 4.34. The highest BCUT2D eigenvalue weighted by Gasteiger charge is 2.45. The van der Waals surface area contributed by atoms with E-state index in [0.29, 0.717) is 0 Å². The van der Waals surface area contributed by atoms with Crippen molar-refractivity contribution in [3.63, 3.8) is 0 Å². The average molecular weight is 147 g/mol. The third-order valence-electron chi connectivity index (χ3n) is 2.62. The number of hydrogen-bond acceptors (Lipinski definition) is 0. The molecule has 3 unspecified atom stereocenters. The van der Waals surface area contributed by atoms with Gasteiger partial charge in [0.25, 0.3) is 0 Å². The Morgan fingerprint density at radius 2 is 2.22 bits per heavy atom. The summed E-state index contributed by atoms with van der Waals surface area (Å²) in [6.07, 6.45) is 2.44. The highest BCUT2D eigenvalue weighted by molar-refractivity contribution is 6.24. The van der Waals surface area contributed by atoms with Crippen LogP contribution in [0.3, 0.4) is 0 Å². The molecule has 1 aliphatic carbocycles. The van der Waals surface area contributed by atoms with E-state index >= 15 is 0 Å². The van der Waals surface area contributed by atoms with Crippen LogP contribution in [0.4, 0.5) is 0 Å².